The minimum Gasteiger partial charge on any atom is -0.388 e. The summed E-state index contributed by atoms with van der Waals surface area (Å²) in [5, 5.41) is 10.6. The van der Waals surface area contributed by atoms with Gasteiger partial charge in [-0.05, 0) is 48.4 Å². The van der Waals surface area contributed by atoms with Gasteiger partial charge in [-0.1, -0.05) is 58.0 Å². The van der Waals surface area contributed by atoms with E-state index < -0.39 is 0 Å². The minimum absolute atomic E-state index is 0.326. The first-order chi connectivity index (χ1) is 8.60. The monoisotopic (exact) mass is 374 g/mol. The Morgan fingerprint density at radius 2 is 1.89 bits per heavy atom. The molecule has 0 aromatic heterocycles. The van der Waals surface area contributed by atoms with Gasteiger partial charge in [-0.15, -0.1) is 0 Å². The van der Waals surface area contributed by atoms with E-state index in [4.69, 9.17) is 0 Å². The highest BCUT2D eigenvalue weighted by molar-refractivity contribution is 9.11. The van der Waals surface area contributed by atoms with Crippen LogP contribution in [0.4, 0.5) is 0 Å². The fraction of sp³-hybridized carbons (Fsp3) is 0.600. The van der Waals surface area contributed by atoms with Crippen LogP contribution in [0.2, 0.25) is 0 Å². The number of hydrogen-bond donors (Lipinski definition) is 1. The van der Waals surface area contributed by atoms with Gasteiger partial charge in [0, 0.05) is 8.95 Å². The Balaban J connectivity index is 2.12. The Hall–Kier alpha value is 0.140. The molecule has 2 rings (SSSR count). The summed E-state index contributed by atoms with van der Waals surface area (Å²) in [6.07, 6.45) is 5.83. The van der Waals surface area contributed by atoms with Crippen molar-refractivity contribution in [2.75, 3.05) is 0 Å². The fourth-order valence-electron chi connectivity index (χ4n) is 3.01. The van der Waals surface area contributed by atoms with E-state index in [1.807, 2.05) is 18.2 Å². The van der Waals surface area contributed by atoms with Gasteiger partial charge in [-0.25, -0.2) is 0 Å². The molecule has 1 aromatic rings. The summed E-state index contributed by atoms with van der Waals surface area (Å²) in [6.45, 7) is 2.26. The number of aliphatic hydroxyl groups excluding tert-OH is 1. The van der Waals surface area contributed by atoms with Crippen LogP contribution in [0.1, 0.15) is 50.7 Å². The molecule has 100 valence electrons. The van der Waals surface area contributed by atoms with Gasteiger partial charge in [0.1, 0.15) is 0 Å². The predicted molar refractivity (Wildman–Crippen MR) is 82.5 cm³/mol. The second-order valence-electron chi connectivity index (χ2n) is 5.35. The van der Waals surface area contributed by atoms with Crippen molar-refractivity contribution >= 4 is 31.9 Å². The molecule has 0 bridgehead atoms. The van der Waals surface area contributed by atoms with E-state index in [9.17, 15) is 5.11 Å². The lowest BCUT2D eigenvalue weighted by atomic mass is 9.76. The van der Waals surface area contributed by atoms with Crippen LogP contribution >= 0.6 is 31.9 Å². The van der Waals surface area contributed by atoms with Gasteiger partial charge in [0.15, 0.2) is 0 Å². The van der Waals surface area contributed by atoms with Crippen molar-refractivity contribution in [2.45, 2.75) is 45.1 Å². The summed E-state index contributed by atoms with van der Waals surface area (Å²) in [7, 11) is 0. The van der Waals surface area contributed by atoms with Gasteiger partial charge in [-0.3, -0.25) is 0 Å². The van der Waals surface area contributed by atoms with Crippen molar-refractivity contribution < 1.29 is 5.11 Å². The van der Waals surface area contributed by atoms with Crippen molar-refractivity contribution in [3.8, 4) is 0 Å². The molecule has 1 nitrogen and oxygen atoms in total. The lowest BCUT2D eigenvalue weighted by Gasteiger charge is -2.32. The van der Waals surface area contributed by atoms with Gasteiger partial charge in [-0.2, -0.15) is 0 Å². The highest BCUT2D eigenvalue weighted by Gasteiger charge is 2.27. The Morgan fingerprint density at radius 1 is 1.22 bits per heavy atom. The van der Waals surface area contributed by atoms with Crippen molar-refractivity contribution in [3.05, 3.63) is 32.7 Å². The third-order valence-electron chi connectivity index (χ3n) is 4.07. The Bertz CT molecular complexity index is 385. The van der Waals surface area contributed by atoms with Crippen LogP contribution in [-0.4, -0.2) is 5.11 Å². The van der Waals surface area contributed by atoms with E-state index >= 15 is 0 Å². The summed E-state index contributed by atoms with van der Waals surface area (Å²) in [4.78, 5) is 0. The minimum atomic E-state index is -0.326. The van der Waals surface area contributed by atoms with E-state index in [1.165, 1.54) is 25.7 Å². The topological polar surface area (TPSA) is 20.2 Å². The van der Waals surface area contributed by atoms with Crippen molar-refractivity contribution in [2.24, 2.45) is 11.8 Å². The molecular formula is C15H20Br2O. The predicted octanol–water partition coefficient (Wildman–Crippen LogP) is 5.46. The summed E-state index contributed by atoms with van der Waals surface area (Å²) in [5.41, 5.74) is 1.03. The van der Waals surface area contributed by atoms with Crippen LogP contribution in [0, 0.1) is 11.8 Å². The van der Waals surface area contributed by atoms with E-state index in [-0.39, 0.29) is 6.10 Å². The van der Waals surface area contributed by atoms with Crippen molar-refractivity contribution in [1.29, 1.82) is 0 Å². The lowest BCUT2D eigenvalue weighted by Crippen LogP contribution is -2.21. The second kappa shape index (κ2) is 6.53. The molecular weight excluding hydrogens is 356 g/mol. The molecule has 0 saturated heterocycles. The van der Waals surface area contributed by atoms with Crippen LogP contribution in [0.5, 0.6) is 0 Å². The van der Waals surface area contributed by atoms with Crippen LogP contribution in [0.15, 0.2) is 27.1 Å². The van der Waals surface area contributed by atoms with Gasteiger partial charge < -0.3 is 5.11 Å². The standard InChI is InChI=1S/C15H20Br2O/c1-2-10-4-3-5-11(6-10)15(18)12-7-13(16)9-14(17)8-12/h7-11,15,18H,2-6H2,1H3. The summed E-state index contributed by atoms with van der Waals surface area (Å²) >= 11 is 6.98. The quantitative estimate of drug-likeness (QED) is 0.743. The number of aliphatic hydroxyl groups is 1. The van der Waals surface area contributed by atoms with E-state index in [1.54, 1.807) is 0 Å². The first-order valence-corrected chi connectivity index (χ1v) is 8.32. The van der Waals surface area contributed by atoms with Crippen LogP contribution < -0.4 is 0 Å². The molecule has 3 atom stereocenters. The van der Waals surface area contributed by atoms with E-state index in [2.05, 4.69) is 38.8 Å². The zero-order valence-corrected chi connectivity index (χ0v) is 13.9. The van der Waals surface area contributed by atoms with Crippen LogP contribution in [-0.2, 0) is 0 Å². The summed E-state index contributed by atoms with van der Waals surface area (Å²) in [6, 6.07) is 6.07. The van der Waals surface area contributed by atoms with Crippen LogP contribution in [0.3, 0.4) is 0 Å². The zero-order chi connectivity index (χ0) is 13.1. The van der Waals surface area contributed by atoms with E-state index in [0.29, 0.717) is 5.92 Å². The third-order valence-corrected chi connectivity index (χ3v) is 4.99. The highest BCUT2D eigenvalue weighted by Crippen LogP contribution is 2.39. The molecule has 0 radical (unpaired) electrons. The fourth-order valence-corrected chi connectivity index (χ4v) is 4.34. The van der Waals surface area contributed by atoms with Crippen LogP contribution in [0.25, 0.3) is 0 Å². The second-order valence-corrected chi connectivity index (χ2v) is 7.18. The Kier molecular flexibility index (Phi) is 5.28. The molecule has 1 fully saturated rings. The first-order valence-electron chi connectivity index (χ1n) is 6.74. The summed E-state index contributed by atoms with van der Waals surface area (Å²) in [5.74, 6) is 1.22. The average molecular weight is 376 g/mol. The van der Waals surface area contributed by atoms with Crippen molar-refractivity contribution in [3.63, 3.8) is 0 Å². The maximum Gasteiger partial charge on any atom is 0.0819 e. The molecule has 18 heavy (non-hydrogen) atoms. The molecule has 1 saturated carbocycles. The van der Waals surface area contributed by atoms with Gasteiger partial charge in [0.25, 0.3) is 0 Å². The highest BCUT2D eigenvalue weighted by atomic mass is 79.9. The molecule has 1 aliphatic rings. The number of hydrogen-bond acceptors (Lipinski definition) is 1. The number of benzene rings is 1. The first kappa shape index (κ1) is 14.5. The molecule has 0 heterocycles. The zero-order valence-electron chi connectivity index (χ0n) is 10.7. The largest absolute Gasteiger partial charge is 0.388 e. The van der Waals surface area contributed by atoms with Gasteiger partial charge in [0.2, 0.25) is 0 Å². The Morgan fingerprint density at radius 3 is 2.50 bits per heavy atom. The van der Waals surface area contributed by atoms with Gasteiger partial charge >= 0.3 is 0 Å². The number of halogens is 2. The maximum absolute atomic E-state index is 10.6. The summed E-state index contributed by atoms with van der Waals surface area (Å²) < 4.78 is 2.04. The Labute approximate surface area is 126 Å². The molecule has 1 N–H and O–H groups in total. The molecule has 1 aromatic carbocycles. The molecule has 0 aliphatic heterocycles. The third kappa shape index (κ3) is 3.58. The van der Waals surface area contributed by atoms with E-state index in [0.717, 1.165) is 26.8 Å². The average Bonchev–Trinajstić information content (AvgIpc) is 2.37. The van der Waals surface area contributed by atoms with Crippen molar-refractivity contribution in [1.82, 2.24) is 0 Å². The normalized spacial score (nSPS) is 26.0. The lowest BCUT2D eigenvalue weighted by molar-refractivity contribution is 0.0677. The van der Waals surface area contributed by atoms with Gasteiger partial charge in [0.05, 0.1) is 6.10 Å². The smallest absolute Gasteiger partial charge is 0.0819 e. The maximum atomic E-state index is 10.6. The molecule has 3 heteroatoms. The SMILES string of the molecule is CCC1CCCC(C(O)c2cc(Br)cc(Br)c2)C1. The molecule has 0 amide bonds. The number of rotatable bonds is 3. The molecule has 3 unspecified atom stereocenters. The molecule has 1 aliphatic carbocycles. The molecule has 0 spiro atoms.